The van der Waals surface area contributed by atoms with E-state index in [9.17, 15) is 13.6 Å². The molecule has 0 aromatic carbocycles. The van der Waals surface area contributed by atoms with Crippen LogP contribution in [-0.4, -0.2) is 16.1 Å². The summed E-state index contributed by atoms with van der Waals surface area (Å²) in [4.78, 5) is 14.3. The quantitative estimate of drug-likeness (QED) is 0.586. The number of aromatic carboxylic acids is 1. The third kappa shape index (κ3) is 2.30. The molecule has 14 heavy (non-hydrogen) atoms. The Balaban J connectivity index is 3.41. The van der Waals surface area contributed by atoms with Crippen LogP contribution in [0, 0.1) is 7.27 Å². The van der Waals surface area contributed by atoms with Crippen molar-refractivity contribution in [3.63, 3.8) is 0 Å². The lowest BCUT2D eigenvalue weighted by Crippen LogP contribution is -2.08. The van der Waals surface area contributed by atoms with E-state index in [-0.39, 0.29) is 18.4 Å². The number of nitrogens with zero attached hydrogens (tertiary/aromatic N) is 1. The first-order valence-electron chi connectivity index (χ1n) is 3.30. The molecule has 0 bridgehead atoms. The summed E-state index contributed by atoms with van der Waals surface area (Å²) in [7, 11) is 0. The number of alkyl halides is 2. The summed E-state index contributed by atoms with van der Waals surface area (Å²) in [6, 6.07) is 0. The van der Waals surface area contributed by atoms with Gasteiger partial charge in [-0.05, 0) is 45.2 Å². The lowest BCUT2D eigenvalue weighted by Gasteiger charge is -2.06. The Hall–Kier alpha value is -0.0600. The Morgan fingerprint density at radius 1 is 1.50 bits per heavy atom. The van der Waals surface area contributed by atoms with E-state index >= 15 is 0 Å². The van der Waals surface area contributed by atoms with Crippen LogP contribution < -0.4 is 0 Å². The predicted octanol–water partition coefficient (Wildman–Crippen LogP) is 2.93. The number of hydrogen-bond donors (Lipinski definition) is 1. The van der Waals surface area contributed by atoms with Crippen LogP contribution >= 0.6 is 45.2 Å². The van der Waals surface area contributed by atoms with Crippen molar-refractivity contribution in [1.82, 2.24) is 4.98 Å². The van der Waals surface area contributed by atoms with Crippen LogP contribution in [0.25, 0.3) is 0 Å². The normalized spacial score (nSPS) is 10.6. The molecule has 3 nitrogen and oxygen atoms in total. The highest BCUT2D eigenvalue weighted by Crippen LogP contribution is 2.28. The van der Waals surface area contributed by atoms with Crippen LogP contribution in [0.5, 0.6) is 0 Å². The summed E-state index contributed by atoms with van der Waals surface area (Å²) >= 11 is 3.29. The van der Waals surface area contributed by atoms with Gasteiger partial charge in [-0.25, -0.2) is 18.6 Å². The van der Waals surface area contributed by atoms with E-state index in [1.54, 1.807) is 45.2 Å². The third-order valence-corrected chi connectivity index (χ3v) is 3.43. The molecule has 0 amide bonds. The van der Waals surface area contributed by atoms with E-state index in [4.69, 9.17) is 5.11 Å². The van der Waals surface area contributed by atoms with Crippen LogP contribution in [0.15, 0.2) is 6.20 Å². The number of carbonyl (C=O) groups is 1. The predicted molar refractivity (Wildman–Crippen MR) is 61.6 cm³/mol. The van der Waals surface area contributed by atoms with Crippen LogP contribution in [0.2, 0.25) is 0 Å². The molecule has 0 saturated heterocycles. The van der Waals surface area contributed by atoms with Gasteiger partial charge in [0.2, 0.25) is 0 Å². The minimum Gasteiger partial charge on any atom is -0.478 e. The average Bonchev–Trinajstić information content (AvgIpc) is 2.02. The second-order valence-electron chi connectivity index (χ2n) is 2.30. The van der Waals surface area contributed by atoms with Gasteiger partial charge in [0.1, 0.15) is 9.26 Å². The highest BCUT2D eigenvalue weighted by atomic mass is 127. The van der Waals surface area contributed by atoms with Crippen LogP contribution in [0.1, 0.15) is 22.3 Å². The maximum atomic E-state index is 12.4. The summed E-state index contributed by atoms with van der Waals surface area (Å²) in [6.07, 6.45) is -1.70. The van der Waals surface area contributed by atoms with Crippen molar-refractivity contribution in [1.29, 1.82) is 0 Å². The van der Waals surface area contributed by atoms with Crippen molar-refractivity contribution in [3.05, 3.63) is 24.6 Å². The fourth-order valence-electron chi connectivity index (χ4n) is 0.817. The molecular weight excluding hydrogens is 422 g/mol. The molecule has 0 radical (unpaired) electrons. The van der Waals surface area contributed by atoms with E-state index in [1.165, 1.54) is 0 Å². The molecule has 1 N–H and O–H groups in total. The number of carboxylic acids is 1. The maximum Gasteiger partial charge on any atom is 0.339 e. The molecule has 0 spiro atoms. The molecule has 0 aliphatic heterocycles. The summed E-state index contributed by atoms with van der Waals surface area (Å²) < 4.78 is 25.0. The fraction of sp³-hybridized carbons (Fsp3) is 0.143. The van der Waals surface area contributed by atoms with Gasteiger partial charge in [0.15, 0.2) is 0 Å². The van der Waals surface area contributed by atoms with Crippen LogP contribution in [-0.2, 0) is 0 Å². The maximum absolute atomic E-state index is 12.4. The number of hydrogen-bond acceptors (Lipinski definition) is 2. The zero-order valence-corrected chi connectivity index (χ0v) is 10.8. The number of aromatic nitrogens is 1. The van der Waals surface area contributed by atoms with Gasteiger partial charge >= 0.3 is 5.97 Å². The Morgan fingerprint density at radius 2 is 2.07 bits per heavy atom. The average molecular weight is 425 g/mol. The largest absolute Gasteiger partial charge is 0.478 e. The van der Waals surface area contributed by atoms with Crippen molar-refractivity contribution in [2.75, 3.05) is 0 Å². The fourth-order valence-corrected chi connectivity index (χ4v) is 2.83. The van der Waals surface area contributed by atoms with Crippen molar-refractivity contribution in [2.45, 2.75) is 6.43 Å². The van der Waals surface area contributed by atoms with Gasteiger partial charge < -0.3 is 5.11 Å². The SMILES string of the molecule is O=C(O)c1c(I)ncc(C(F)F)c1I. The standard InChI is InChI=1S/C7H3F2I2NO2/c8-5(9)2-1-12-6(11)3(4(2)10)7(13)14/h1,5H,(H,13,14). The molecule has 7 heteroatoms. The second kappa shape index (κ2) is 4.64. The lowest BCUT2D eigenvalue weighted by atomic mass is 10.2. The van der Waals surface area contributed by atoms with E-state index in [0.29, 0.717) is 0 Å². The van der Waals surface area contributed by atoms with Gasteiger partial charge in [-0.2, -0.15) is 0 Å². The number of carboxylic acid groups (broad SMARTS) is 1. The minimum absolute atomic E-state index is 0.0458. The molecule has 1 aromatic heterocycles. The molecule has 1 aromatic rings. The van der Waals surface area contributed by atoms with Crippen molar-refractivity contribution in [3.8, 4) is 0 Å². The topological polar surface area (TPSA) is 50.2 Å². The molecule has 1 heterocycles. The van der Waals surface area contributed by atoms with E-state index in [1.807, 2.05) is 0 Å². The summed E-state index contributed by atoms with van der Waals surface area (Å²) in [5, 5.41) is 8.76. The summed E-state index contributed by atoms with van der Waals surface area (Å²) in [6.45, 7) is 0. The lowest BCUT2D eigenvalue weighted by molar-refractivity contribution is 0.0693. The van der Waals surface area contributed by atoms with Crippen molar-refractivity contribution < 1.29 is 18.7 Å². The highest BCUT2D eigenvalue weighted by Gasteiger charge is 2.21. The molecular formula is C7H3F2I2NO2. The minimum atomic E-state index is -2.70. The van der Waals surface area contributed by atoms with Gasteiger partial charge in [-0.1, -0.05) is 0 Å². The summed E-state index contributed by atoms with van der Waals surface area (Å²) in [5.74, 6) is -1.24. The first-order chi connectivity index (χ1) is 6.45. The molecule has 0 fully saturated rings. The molecule has 0 aliphatic rings. The van der Waals surface area contributed by atoms with E-state index in [0.717, 1.165) is 6.20 Å². The molecule has 0 saturated carbocycles. The van der Waals surface area contributed by atoms with E-state index < -0.39 is 12.4 Å². The first kappa shape index (κ1) is 12.0. The van der Waals surface area contributed by atoms with Crippen LogP contribution in [0.3, 0.4) is 0 Å². The Kier molecular flexibility index (Phi) is 3.98. The van der Waals surface area contributed by atoms with Gasteiger partial charge in [-0.3, -0.25) is 0 Å². The molecule has 0 atom stereocenters. The van der Waals surface area contributed by atoms with Crippen molar-refractivity contribution >= 4 is 51.2 Å². The Morgan fingerprint density at radius 3 is 2.50 bits per heavy atom. The number of rotatable bonds is 2. The smallest absolute Gasteiger partial charge is 0.339 e. The molecule has 1 rings (SSSR count). The Bertz CT molecular complexity index is 384. The van der Waals surface area contributed by atoms with Gasteiger partial charge in [0.05, 0.1) is 5.56 Å². The summed E-state index contributed by atoms with van der Waals surface area (Å²) in [5.41, 5.74) is -0.507. The Labute approximate surface area is 105 Å². The highest BCUT2D eigenvalue weighted by molar-refractivity contribution is 14.1. The van der Waals surface area contributed by atoms with Gasteiger partial charge in [-0.15, -0.1) is 0 Å². The van der Waals surface area contributed by atoms with Crippen LogP contribution in [0.4, 0.5) is 8.78 Å². The monoisotopic (exact) mass is 425 g/mol. The number of halogens is 4. The number of pyridine rings is 1. The molecule has 0 aliphatic carbocycles. The van der Waals surface area contributed by atoms with E-state index in [2.05, 4.69) is 4.98 Å². The van der Waals surface area contributed by atoms with Gasteiger partial charge in [0, 0.05) is 9.77 Å². The van der Waals surface area contributed by atoms with Gasteiger partial charge in [0.25, 0.3) is 6.43 Å². The zero-order chi connectivity index (χ0) is 10.9. The molecule has 76 valence electrons. The zero-order valence-electron chi connectivity index (χ0n) is 6.47. The molecule has 0 unspecified atom stereocenters. The van der Waals surface area contributed by atoms with Crippen molar-refractivity contribution in [2.24, 2.45) is 0 Å². The third-order valence-electron chi connectivity index (χ3n) is 1.45. The second-order valence-corrected chi connectivity index (χ2v) is 4.40. The first-order valence-corrected chi connectivity index (χ1v) is 5.46.